The maximum Gasteiger partial charge on any atom is 0.338 e. The van der Waals surface area contributed by atoms with Crippen molar-refractivity contribution in [3.8, 4) is 11.3 Å². The fraction of sp³-hybridized carbons (Fsp3) is 0.222. The molecule has 0 aliphatic carbocycles. The first-order valence-corrected chi connectivity index (χ1v) is 9.07. The highest BCUT2D eigenvalue weighted by molar-refractivity contribution is 7.80. The third-order valence-corrected chi connectivity index (χ3v) is 4.84. The summed E-state index contributed by atoms with van der Waals surface area (Å²) in [5.41, 5.74) is 1.83. The molecule has 0 unspecified atom stereocenters. The summed E-state index contributed by atoms with van der Waals surface area (Å²) in [4.78, 5) is 12.4. The molecule has 1 aliphatic heterocycles. The number of allylic oxidation sites excluding steroid dienone is 1. The maximum atomic E-state index is 12.4. The van der Waals surface area contributed by atoms with Gasteiger partial charge in [-0.05, 0) is 56.4 Å². The number of furan rings is 1. The lowest BCUT2D eigenvalue weighted by Crippen LogP contribution is -2.45. The molecule has 0 saturated carbocycles. The Morgan fingerprint density at radius 2 is 2.04 bits per heavy atom. The Morgan fingerprint density at radius 3 is 2.73 bits per heavy atom. The second-order valence-corrected chi connectivity index (χ2v) is 6.84. The Morgan fingerprint density at radius 1 is 1.27 bits per heavy atom. The summed E-state index contributed by atoms with van der Waals surface area (Å²) in [7, 11) is 0. The van der Waals surface area contributed by atoms with E-state index in [0.717, 1.165) is 5.56 Å². The van der Waals surface area contributed by atoms with Crippen LogP contribution < -0.4 is 10.6 Å². The number of carbonyl (C=O) groups excluding carboxylic acids is 1. The van der Waals surface area contributed by atoms with E-state index >= 15 is 0 Å². The highest BCUT2D eigenvalue weighted by Gasteiger charge is 2.33. The minimum absolute atomic E-state index is 0.277. The molecule has 3 rings (SSSR count). The van der Waals surface area contributed by atoms with E-state index in [0.29, 0.717) is 37.9 Å². The van der Waals surface area contributed by atoms with Gasteiger partial charge < -0.3 is 19.8 Å². The van der Waals surface area contributed by atoms with Gasteiger partial charge in [0.25, 0.3) is 0 Å². The van der Waals surface area contributed by atoms with Gasteiger partial charge in [-0.3, -0.25) is 0 Å². The number of hydrogen-bond donors (Lipinski definition) is 2. The van der Waals surface area contributed by atoms with Gasteiger partial charge in [-0.15, -0.1) is 0 Å². The monoisotopic (exact) mass is 410 g/mol. The van der Waals surface area contributed by atoms with Crippen LogP contribution in [0.5, 0.6) is 0 Å². The minimum atomic E-state index is -0.542. The average molecular weight is 411 g/mol. The molecule has 0 radical (unpaired) electrons. The summed E-state index contributed by atoms with van der Waals surface area (Å²) < 4.78 is 11.1. The smallest absolute Gasteiger partial charge is 0.338 e. The molecule has 1 atom stereocenters. The van der Waals surface area contributed by atoms with Crippen molar-refractivity contribution in [2.45, 2.75) is 19.9 Å². The molecule has 0 saturated heterocycles. The number of halogens is 2. The molecule has 0 bridgehead atoms. The van der Waals surface area contributed by atoms with E-state index in [4.69, 9.17) is 44.6 Å². The lowest BCUT2D eigenvalue weighted by atomic mass is 10.0. The van der Waals surface area contributed by atoms with Crippen LogP contribution in [0.25, 0.3) is 11.3 Å². The van der Waals surface area contributed by atoms with Crippen molar-refractivity contribution in [3.63, 3.8) is 0 Å². The van der Waals surface area contributed by atoms with Gasteiger partial charge >= 0.3 is 5.97 Å². The zero-order chi connectivity index (χ0) is 18.8. The van der Waals surface area contributed by atoms with Crippen molar-refractivity contribution >= 4 is 46.5 Å². The van der Waals surface area contributed by atoms with Gasteiger partial charge in [-0.1, -0.05) is 23.2 Å². The molecule has 26 heavy (non-hydrogen) atoms. The van der Waals surface area contributed by atoms with Gasteiger partial charge in [0.05, 0.1) is 22.2 Å². The largest absolute Gasteiger partial charge is 0.463 e. The lowest BCUT2D eigenvalue weighted by molar-refractivity contribution is -0.139. The number of benzene rings is 1. The first-order chi connectivity index (χ1) is 12.4. The van der Waals surface area contributed by atoms with E-state index in [1.165, 1.54) is 0 Å². The summed E-state index contributed by atoms with van der Waals surface area (Å²) in [6, 6.07) is 8.29. The molecule has 1 aliphatic rings. The quantitative estimate of drug-likeness (QED) is 0.566. The van der Waals surface area contributed by atoms with E-state index in [1.54, 1.807) is 38.1 Å². The summed E-state index contributed by atoms with van der Waals surface area (Å²) in [6.07, 6.45) is 0. The van der Waals surface area contributed by atoms with E-state index in [9.17, 15) is 4.79 Å². The zero-order valence-corrected chi connectivity index (χ0v) is 16.4. The van der Waals surface area contributed by atoms with Gasteiger partial charge in [0.15, 0.2) is 5.11 Å². The Kier molecular flexibility index (Phi) is 5.55. The van der Waals surface area contributed by atoms with E-state index < -0.39 is 12.0 Å². The predicted molar refractivity (Wildman–Crippen MR) is 105 cm³/mol. The molecule has 136 valence electrons. The van der Waals surface area contributed by atoms with Crippen LogP contribution in [0.1, 0.15) is 25.6 Å². The fourth-order valence-electron chi connectivity index (χ4n) is 2.70. The Bertz CT molecular complexity index is 908. The van der Waals surface area contributed by atoms with Crippen LogP contribution in [0.2, 0.25) is 10.0 Å². The molecule has 0 amide bonds. The van der Waals surface area contributed by atoms with Gasteiger partial charge in [-0.25, -0.2) is 4.79 Å². The molecule has 2 heterocycles. The van der Waals surface area contributed by atoms with E-state index in [1.807, 2.05) is 6.07 Å². The van der Waals surface area contributed by atoms with Crippen molar-refractivity contribution in [1.82, 2.24) is 10.6 Å². The number of rotatable bonds is 4. The number of ether oxygens (including phenoxy) is 1. The molecule has 1 aromatic heterocycles. The molecule has 0 spiro atoms. The van der Waals surface area contributed by atoms with Crippen molar-refractivity contribution in [2.24, 2.45) is 0 Å². The van der Waals surface area contributed by atoms with Crippen LogP contribution in [-0.2, 0) is 9.53 Å². The lowest BCUT2D eigenvalue weighted by Gasteiger charge is -2.28. The average Bonchev–Trinajstić information content (AvgIpc) is 3.06. The summed E-state index contributed by atoms with van der Waals surface area (Å²) in [5.74, 6) is 0.716. The molecule has 1 aromatic carbocycles. The topological polar surface area (TPSA) is 63.5 Å². The van der Waals surface area contributed by atoms with Crippen LogP contribution in [0.3, 0.4) is 0 Å². The van der Waals surface area contributed by atoms with Gasteiger partial charge in [0.2, 0.25) is 0 Å². The van der Waals surface area contributed by atoms with Crippen molar-refractivity contribution in [2.75, 3.05) is 6.61 Å². The summed E-state index contributed by atoms with van der Waals surface area (Å²) >= 11 is 17.2. The summed E-state index contributed by atoms with van der Waals surface area (Å²) in [5, 5.41) is 7.32. The second-order valence-electron chi connectivity index (χ2n) is 5.62. The van der Waals surface area contributed by atoms with Crippen LogP contribution >= 0.6 is 35.4 Å². The molecule has 2 aromatic rings. The first-order valence-electron chi connectivity index (χ1n) is 7.91. The number of nitrogens with one attached hydrogen (secondary N) is 2. The molecular weight excluding hydrogens is 395 g/mol. The Hall–Kier alpha value is -2.02. The summed E-state index contributed by atoms with van der Waals surface area (Å²) in [6.45, 7) is 3.81. The first kappa shape index (κ1) is 18.8. The predicted octanol–water partition coefficient (Wildman–Crippen LogP) is 4.61. The normalized spacial score (nSPS) is 16.9. The molecule has 0 fully saturated rings. The van der Waals surface area contributed by atoms with E-state index in [2.05, 4.69) is 10.6 Å². The van der Waals surface area contributed by atoms with Crippen LogP contribution in [-0.4, -0.2) is 17.7 Å². The van der Waals surface area contributed by atoms with Crippen molar-refractivity contribution in [3.05, 3.63) is 57.4 Å². The second kappa shape index (κ2) is 7.70. The van der Waals surface area contributed by atoms with Crippen molar-refractivity contribution < 1.29 is 13.9 Å². The number of esters is 1. The van der Waals surface area contributed by atoms with Gasteiger partial charge in [0, 0.05) is 11.3 Å². The highest BCUT2D eigenvalue weighted by Crippen LogP contribution is 2.34. The SMILES string of the molecule is CCOC(=O)C1=C(C)NC(=S)N[C@@H]1c1ccc(-c2ccc(Cl)c(Cl)c2)o1. The molecule has 5 nitrogen and oxygen atoms in total. The standard InChI is InChI=1S/C18H16Cl2N2O3S/c1-3-24-17(23)15-9(2)21-18(26)22-16(15)14-7-6-13(25-14)10-4-5-11(19)12(20)8-10/h4-8,16H,3H2,1-2H3,(H2,21,22,26)/t16-/m1/s1. The van der Waals surface area contributed by atoms with Gasteiger partial charge in [0.1, 0.15) is 17.6 Å². The Labute approximate surface area is 166 Å². The molecular formula is C18H16Cl2N2O3S. The fourth-order valence-corrected chi connectivity index (χ4v) is 3.27. The third kappa shape index (κ3) is 3.72. The van der Waals surface area contributed by atoms with Gasteiger partial charge in [-0.2, -0.15) is 0 Å². The van der Waals surface area contributed by atoms with Crippen LogP contribution in [0.4, 0.5) is 0 Å². The Balaban J connectivity index is 1.98. The zero-order valence-electron chi connectivity index (χ0n) is 14.1. The number of thiocarbonyl (C=S) groups is 1. The third-order valence-electron chi connectivity index (χ3n) is 3.88. The van der Waals surface area contributed by atoms with Crippen molar-refractivity contribution in [1.29, 1.82) is 0 Å². The maximum absolute atomic E-state index is 12.4. The van der Waals surface area contributed by atoms with E-state index in [-0.39, 0.29) is 6.61 Å². The number of hydrogen-bond acceptors (Lipinski definition) is 4. The molecule has 2 N–H and O–H groups in total. The minimum Gasteiger partial charge on any atom is -0.463 e. The van der Waals surface area contributed by atoms with Crippen LogP contribution in [0.15, 0.2) is 46.0 Å². The number of carbonyl (C=O) groups is 1. The highest BCUT2D eigenvalue weighted by atomic mass is 35.5. The van der Waals surface area contributed by atoms with Crippen LogP contribution in [0, 0.1) is 0 Å². The molecule has 8 heteroatoms.